The van der Waals surface area contributed by atoms with Crippen LogP contribution in [0, 0.1) is 6.92 Å². The molecule has 148 valence electrons. The first kappa shape index (κ1) is 19.0. The number of para-hydroxylation sites is 1. The van der Waals surface area contributed by atoms with E-state index < -0.39 is 17.7 Å². The van der Waals surface area contributed by atoms with E-state index in [9.17, 15) is 14.7 Å². The number of methoxy groups -OCH3 is 1. The number of aryl methyl sites for hydroxylation is 1. The van der Waals surface area contributed by atoms with Crippen LogP contribution in [0.4, 0.5) is 0 Å². The van der Waals surface area contributed by atoms with Gasteiger partial charge < -0.3 is 19.7 Å². The standard InChI is InChI=1S/C23H22N2O4/c1-14-6-5-7-15(12-14)20-19(22(27)23(28)25(20)10-11-29-2)21(26)17-13-24-18-9-4-3-8-16(17)18/h3-9,12-13,20,24,26H,10-11H2,1-2H3/b21-19-. The first-order chi connectivity index (χ1) is 14.0. The highest BCUT2D eigenvalue weighted by Gasteiger charge is 2.46. The maximum absolute atomic E-state index is 13.0. The number of fused-ring (bicyclic) bond motifs is 1. The second-order valence-electron chi connectivity index (χ2n) is 7.15. The largest absolute Gasteiger partial charge is 0.507 e. The highest BCUT2D eigenvalue weighted by Crippen LogP contribution is 2.40. The number of nitrogens with one attached hydrogen (secondary N) is 1. The van der Waals surface area contributed by atoms with Crippen molar-refractivity contribution in [2.75, 3.05) is 20.3 Å². The molecule has 4 rings (SSSR count). The summed E-state index contributed by atoms with van der Waals surface area (Å²) in [5, 5.41) is 12.0. The molecule has 2 N–H and O–H groups in total. The van der Waals surface area contributed by atoms with Crippen molar-refractivity contribution in [1.82, 2.24) is 9.88 Å². The Labute approximate surface area is 168 Å². The lowest BCUT2D eigenvalue weighted by atomic mass is 9.94. The molecule has 1 aromatic heterocycles. The number of Topliss-reactive ketones (excluding diaryl/α,β-unsaturated/α-hetero) is 1. The number of ketones is 1. The van der Waals surface area contributed by atoms with Crippen LogP contribution in [0.5, 0.6) is 0 Å². The lowest BCUT2D eigenvalue weighted by Crippen LogP contribution is -2.32. The number of benzene rings is 2. The molecule has 0 bridgehead atoms. The molecule has 1 amide bonds. The molecular formula is C23H22N2O4. The molecule has 0 saturated carbocycles. The molecule has 1 aliphatic heterocycles. The van der Waals surface area contributed by atoms with Gasteiger partial charge in [0.25, 0.3) is 11.7 Å². The topological polar surface area (TPSA) is 82.6 Å². The van der Waals surface area contributed by atoms with Crippen LogP contribution in [0.2, 0.25) is 0 Å². The first-order valence-electron chi connectivity index (χ1n) is 9.43. The Kier molecular flexibility index (Phi) is 4.94. The van der Waals surface area contributed by atoms with Crippen LogP contribution in [0.25, 0.3) is 16.7 Å². The molecule has 1 saturated heterocycles. The van der Waals surface area contributed by atoms with Gasteiger partial charge in [0.05, 0.1) is 18.2 Å². The Hall–Kier alpha value is -3.38. The molecule has 6 nitrogen and oxygen atoms in total. The van der Waals surface area contributed by atoms with Gasteiger partial charge in [-0.25, -0.2) is 0 Å². The van der Waals surface area contributed by atoms with Crippen LogP contribution in [0.15, 0.2) is 60.3 Å². The minimum absolute atomic E-state index is 0.0986. The number of aliphatic hydroxyl groups is 1. The number of aromatic amines is 1. The fourth-order valence-electron chi connectivity index (χ4n) is 3.90. The summed E-state index contributed by atoms with van der Waals surface area (Å²) in [5.41, 5.74) is 3.23. The third-order valence-electron chi connectivity index (χ3n) is 5.28. The van der Waals surface area contributed by atoms with Gasteiger partial charge in [-0.2, -0.15) is 0 Å². The third-order valence-corrected chi connectivity index (χ3v) is 5.28. The van der Waals surface area contributed by atoms with Crippen LogP contribution >= 0.6 is 0 Å². The third kappa shape index (κ3) is 3.21. The van der Waals surface area contributed by atoms with Gasteiger partial charge in [0.15, 0.2) is 0 Å². The second kappa shape index (κ2) is 7.56. The molecule has 2 aromatic carbocycles. The zero-order valence-corrected chi connectivity index (χ0v) is 16.3. The average molecular weight is 390 g/mol. The lowest BCUT2D eigenvalue weighted by molar-refractivity contribution is -0.140. The lowest BCUT2D eigenvalue weighted by Gasteiger charge is -2.25. The molecule has 0 radical (unpaired) electrons. The van der Waals surface area contributed by atoms with Crippen molar-refractivity contribution in [3.05, 3.63) is 77.0 Å². The number of carbonyl (C=O) groups excluding carboxylic acids is 2. The molecule has 1 atom stereocenters. The number of hydrogen-bond acceptors (Lipinski definition) is 4. The van der Waals surface area contributed by atoms with Crippen molar-refractivity contribution in [3.8, 4) is 0 Å². The Morgan fingerprint density at radius 3 is 2.72 bits per heavy atom. The summed E-state index contributed by atoms with van der Waals surface area (Å²) in [6.07, 6.45) is 1.66. The number of carbonyl (C=O) groups is 2. The number of ether oxygens (including phenoxy) is 1. The van der Waals surface area contributed by atoms with E-state index in [2.05, 4.69) is 4.98 Å². The van der Waals surface area contributed by atoms with Gasteiger partial charge in [0.1, 0.15) is 5.76 Å². The first-order valence-corrected chi connectivity index (χ1v) is 9.43. The zero-order chi connectivity index (χ0) is 20.5. The molecule has 29 heavy (non-hydrogen) atoms. The van der Waals surface area contributed by atoms with Crippen molar-refractivity contribution in [3.63, 3.8) is 0 Å². The van der Waals surface area contributed by atoms with Crippen LogP contribution in [0.1, 0.15) is 22.7 Å². The smallest absolute Gasteiger partial charge is 0.295 e. The maximum Gasteiger partial charge on any atom is 0.295 e. The number of aromatic nitrogens is 1. The number of amides is 1. The number of aliphatic hydroxyl groups excluding tert-OH is 1. The second-order valence-corrected chi connectivity index (χ2v) is 7.15. The molecular weight excluding hydrogens is 368 g/mol. The average Bonchev–Trinajstić information content (AvgIpc) is 3.26. The molecule has 3 aromatic rings. The number of likely N-dealkylation sites (tertiary alicyclic amines) is 1. The molecule has 6 heteroatoms. The van der Waals surface area contributed by atoms with Crippen LogP contribution in [0.3, 0.4) is 0 Å². The summed E-state index contributed by atoms with van der Waals surface area (Å²) in [5.74, 6) is -1.49. The fourth-order valence-corrected chi connectivity index (χ4v) is 3.90. The van der Waals surface area contributed by atoms with Crippen LogP contribution in [-0.4, -0.2) is 46.9 Å². The quantitative estimate of drug-likeness (QED) is 0.397. The van der Waals surface area contributed by atoms with Crippen LogP contribution in [-0.2, 0) is 14.3 Å². The minimum atomic E-state index is -0.685. The SMILES string of the molecule is COCCN1C(=O)C(=O)/C(=C(\O)c2c[nH]c3ccccc23)C1c1cccc(C)c1. The summed E-state index contributed by atoms with van der Waals surface area (Å²) >= 11 is 0. The summed E-state index contributed by atoms with van der Waals surface area (Å²) in [4.78, 5) is 30.3. The van der Waals surface area contributed by atoms with Gasteiger partial charge >= 0.3 is 0 Å². The predicted octanol–water partition coefficient (Wildman–Crippen LogP) is 3.54. The van der Waals surface area contributed by atoms with Gasteiger partial charge in [-0.1, -0.05) is 48.0 Å². The van der Waals surface area contributed by atoms with Gasteiger partial charge in [0, 0.05) is 36.3 Å². The Morgan fingerprint density at radius 2 is 1.97 bits per heavy atom. The van der Waals surface area contributed by atoms with E-state index in [1.54, 1.807) is 13.3 Å². The van der Waals surface area contributed by atoms with Gasteiger partial charge in [-0.15, -0.1) is 0 Å². The van der Waals surface area contributed by atoms with Crippen molar-refractivity contribution >= 4 is 28.4 Å². The summed E-state index contributed by atoms with van der Waals surface area (Å²) in [7, 11) is 1.55. The molecule has 1 aliphatic rings. The number of H-pyrrole nitrogens is 1. The van der Waals surface area contributed by atoms with Crippen molar-refractivity contribution in [2.24, 2.45) is 0 Å². The molecule has 2 heterocycles. The summed E-state index contributed by atoms with van der Waals surface area (Å²) in [6, 6.07) is 14.5. The molecule has 1 unspecified atom stereocenters. The molecule has 0 aliphatic carbocycles. The maximum atomic E-state index is 13.0. The minimum Gasteiger partial charge on any atom is -0.507 e. The van der Waals surface area contributed by atoms with Crippen molar-refractivity contribution in [2.45, 2.75) is 13.0 Å². The van der Waals surface area contributed by atoms with E-state index in [1.807, 2.05) is 55.5 Å². The van der Waals surface area contributed by atoms with E-state index in [1.165, 1.54) is 4.90 Å². The number of hydrogen-bond donors (Lipinski definition) is 2. The Balaban J connectivity index is 1.92. The van der Waals surface area contributed by atoms with Crippen molar-refractivity contribution < 1.29 is 19.4 Å². The molecule has 1 fully saturated rings. The summed E-state index contributed by atoms with van der Waals surface area (Å²) < 4.78 is 5.13. The summed E-state index contributed by atoms with van der Waals surface area (Å²) in [6.45, 7) is 2.50. The van der Waals surface area contributed by atoms with E-state index in [0.717, 1.165) is 22.0 Å². The number of rotatable bonds is 5. The Bertz CT molecular complexity index is 1130. The predicted molar refractivity (Wildman–Crippen MR) is 110 cm³/mol. The van der Waals surface area contributed by atoms with Crippen LogP contribution < -0.4 is 0 Å². The zero-order valence-electron chi connectivity index (χ0n) is 16.3. The van der Waals surface area contributed by atoms with Crippen molar-refractivity contribution in [1.29, 1.82) is 0 Å². The number of nitrogens with zero attached hydrogens (tertiary/aromatic N) is 1. The fraction of sp³-hybridized carbons (Fsp3) is 0.217. The van der Waals surface area contributed by atoms with E-state index in [4.69, 9.17) is 4.74 Å². The van der Waals surface area contributed by atoms with Gasteiger partial charge in [0.2, 0.25) is 0 Å². The van der Waals surface area contributed by atoms with Gasteiger partial charge in [-0.3, -0.25) is 9.59 Å². The van der Waals surface area contributed by atoms with E-state index in [0.29, 0.717) is 12.2 Å². The van der Waals surface area contributed by atoms with E-state index >= 15 is 0 Å². The molecule has 0 spiro atoms. The highest BCUT2D eigenvalue weighted by atomic mass is 16.5. The normalized spacial score (nSPS) is 18.7. The monoisotopic (exact) mass is 390 g/mol. The Morgan fingerprint density at radius 1 is 1.17 bits per heavy atom. The highest BCUT2D eigenvalue weighted by molar-refractivity contribution is 6.46. The van der Waals surface area contributed by atoms with Gasteiger partial charge in [-0.05, 0) is 18.6 Å². The van der Waals surface area contributed by atoms with E-state index in [-0.39, 0.29) is 17.9 Å².